The number of esters is 2. The summed E-state index contributed by atoms with van der Waals surface area (Å²) in [5.74, 6) is -1.03. The lowest BCUT2D eigenvalue weighted by molar-refractivity contribution is -0.129. The van der Waals surface area contributed by atoms with E-state index < -0.39 is 17.8 Å². The summed E-state index contributed by atoms with van der Waals surface area (Å²) in [5, 5.41) is 0. The van der Waals surface area contributed by atoms with E-state index >= 15 is 0 Å². The number of nitrogens with zero attached hydrogens (tertiary/aromatic N) is 1. The minimum atomic E-state index is -0.817. The Morgan fingerprint density at radius 3 is 2.52 bits per heavy atom. The highest BCUT2D eigenvalue weighted by Crippen LogP contribution is 2.23. The number of hydrogen-bond acceptors (Lipinski definition) is 6. The molecule has 0 aliphatic carbocycles. The summed E-state index contributed by atoms with van der Waals surface area (Å²) >= 11 is 0. The molecule has 7 heteroatoms. The summed E-state index contributed by atoms with van der Waals surface area (Å²) in [6.45, 7) is 0. The number of carbonyl (C=O) groups is 2. The van der Waals surface area contributed by atoms with Crippen LogP contribution in [0.3, 0.4) is 0 Å². The maximum Gasteiger partial charge on any atom is 0.363 e. The Hall–Kier alpha value is -4.26. The normalized spacial score (nSPS) is 14.2. The number of rotatable bonds is 5. The molecule has 1 aliphatic rings. The number of aliphatic imine (C=N–C) groups is 1. The first-order valence-electron chi connectivity index (χ1n) is 9.27. The zero-order valence-corrected chi connectivity index (χ0v) is 16.4. The first-order valence-corrected chi connectivity index (χ1v) is 9.27. The molecule has 3 aromatic rings. The lowest BCUT2D eigenvalue weighted by Crippen LogP contribution is -2.10. The van der Waals surface area contributed by atoms with E-state index in [9.17, 15) is 14.0 Å². The van der Waals surface area contributed by atoms with Crippen molar-refractivity contribution in [2.75, 3.05) is 7.11 Å². The van der Waals surface area contributed by atoms with E-state index in [1.807, 2.05) is 0 Å². The fourth-order valence-corrected chi connectivity index (χ4v) is 2.88. The molecule has 1 heterocycles. The molecule has 154 valence electrons. The van der Waals surface area contributed by atoms with E-state index in [1.54, 1.807) is 61.7 Å². The molecule has 0 saturated carbocycles. The van der Waals surface area contributed by atoms with Gasteiger partial charge < -0.3 is 14.2 Å². The molecule has 0 aromatic heterocycles. The van der Waals surface area contributed by atoms with Gasteiger partial charge in [0, 0.05) is 5.56 Å². The molecule has 0 atom stereocenters. The molecule has 1 aliphatic heterocycles. The first kappa shape index (κ1) is 20.0. The first-order chi connectivity index (χ1) is 15.0. The summed E-state index contributed by atoms with van der Waals surface area (Å²) in [6.07, 6.45) is 1.51. The summed E-state index contributed by atoms with van der Waals surface area (Å²) in [6, 6.07) is 18.9. The number of ether oxygens (including phenoxy) is 3. The quantitative estimate of drug-likeness (QED) is 0.350. The zero-order chi connectivity index (χ0) is 21.8. The van der Waals surface area contributed by atoms with Gasteiger partial charge in [-0.25, -0.2) is 19.0 Å². The van der Waals surface area contributed by atoms with Crippen LogP contribution in [0.4, 0.5) is 4.39 Å². The second-order valence-electron chi connectivity index (χ2n) is 6.51. The van der Waals surface area contributed by atoms with Crippen LogP contribution in [0.25, 0.3) is 6.08 Å². The van der Waals surface area contributed by atoms with E-state index in [0.29, 0.717) is 16.9 Å². The largest absolute Gasteiger partial charge is 0.497 e. The number of cyclic esters (lactones) is 1. The maximum atomic E-state index is 13.8. The second-order valence-corrected chi connectivity index (χ2v) is 6.51. The van der Waals surface area contributed by atoms with Gasteiger partial charge in [0.25, 0.3) is 0 Å². The van der Waals surface area contributed by atoms with Crippen LogP contribution in [0, 0.1) is 5.82 Å². The van der Waals surface area contributed by atoms with Crippen molar-refractivity contribution in [3.8, 4) is 11.5 Å². The maximum absolute atomic E-state index is 13.8. The fraction of sp³-hybridized carbons (Fsp3) is 0.0417. The van der Waals surface area contributed by atoms with Crippen LogP contribution < -0.4 is 9.47 Å². The van der Waals surface area contributed by atoms with E-state index in [1.165, 1.54) is 24.3 Å². The Labute approximate surface area is 177 Å². The molecule has 6 nitrogen and oxygen atoms in total. The number of carbonyl (C=O) groups excluding carboxylic acids is 2. The molecule has 31 heavy (non-hydrogen) atoms. The third-order valence-electron chi connectivity index (χ3n) is 4.42. The average Bonchev–Trinajstić information content (AvgIpc) is 3.14. The van der Waals surface area contributed by atoms with Gasteiger partial charge in [-0.15, -0.1) is 0 Å². The third kappa shape index (κ3) is 4.51. The highest BCUT2D eigenvalue weighted by Gasteiger charge is 2.24. The molecule has 0 fully saturated rings. The zero-order valence-electron chi connectivity index (χ0n) is 16.4. The van der Waals surface area contributed by atoms with Crippen molar-refractivity contribution in [1.29, 1.82) is 0 Å². The van der Waals surface area contributed by atoms with Crippen molar-refractivity contribution >= 4 is 23.9 Å². The fourth-order valence-electron chi connectivity index (χ4n) is 2.88. The molecule has 0 spiro atoms. The highest BCUT2D eigenvalue weighted by molar-refractivity contribution is 6.12. The van der Waals surface area contributed by atoms with Gasteiger partial charge in [-0.2, -0.15) is 0 Å². The Balaban J connectivity index is 1.54. The minimum absolute atomic E-state index is 0.100. The van der Waals surface area contributed by atoms with Crippen molar-refractivity contribution in [2.24, 2.45) is 4.99 Å². The lowest BCUT2D eigenvalue weighted by atomic mass is 10.2. The minimum Gasteiger partial charge on any atom is -0.497 e. The topological polar surface area (TPSA) is 74.2 Å². The van der Waals surface area contributed by atoms with E-state index in [-0.39, 0.29) is 22.9 Å². The SMILES string of the molecule is COc1ccc(C2=N/C(=C\c3cccc(OC(=O)c4ccccc4F)c3)C(=O)O2)cc1. The molecular formula is C24H16FNO5. The van der Waals surface area contributed by atoms with Gasteiger partial charge in [-0.3, -0.25) is 0 Å². The van der Waals surface area contributed by atoms with Crippen LogP contribution in [-0.2, 0) is 9.53 Å². The summed E-state index contributed by atoms with van der Waals surface area (Å²) in [7, 11) is 1.56. The Morgan fingerprint density at radius 1 is 1.00 bits per heavy atom. The number of halogens is 1. The molecule has 0 saturated heterocycles. The highest BCUT2D eigenvalue weighted by atomic mass is 19.1. The van der Waals surface area contributed by atoms with Gasteiger partial charge in [-0.1, -0.05) is 24.3 Å². The Morgan fingerprint density at radius 2 is 1.77 bits per heavy atom. The van der Waals surface area contributed by atoms with Crippen LogP contribution in [0.5, 0.6) is 11.5 Å². The molecule has 0 radical (unpaired) electrons. The van der Waals surface area contributed by atoms with Crippen LogP contribution in [0.1, 0.15) is 21.5 Å². The standard InChI is InChI=1S/C24H16FNO5/c1-29-17-11-9-16(10-12-17)22-26-21(24(28)31-22)14-15-5-4-6-18(13-15)30-23(27)19-7-2-3-8-20(19)25/h2-14H,1H3/b21-14-. The number of benzene rings is 3. The van der Waals surface area contributed by atoms with Crippen molar-refractivity contribution in [3.63, 3.8) is 0 Å². The average molecular weight is 417 g/mol. The van der Waals surface area contributed by atoms with Crippen molar-refractivity contribution < 1.29 is 28.2 Å². The molecule has 0 N–H and O–H groups in total. The van der Waals surface area contributed by atoms with E-state index in [2.05, 4.69) is 4.99 Å². The van der Waals surface area contributed by atoms with Crippen molar-refractivity contribution in [1.82, 2.24) is 0 Å². The van der Waals surface area contributed by atoms with Gasteiger partial charge in [0.2, 0.25) is 5.90 Å². The molecular weight excluding hydrogens is 401 g/mol. The van der Waals surface area contributed by atoms with E-state index in [4.69, 9.17) is 14.2 Å². The number of hydrogen-bond donors (Lipinski definition) is 0. The number of methoxy groups -OCH3 is 1. The van der Waals surface area contributed by atoms with Crippen LogP contribution >= 0.6 is 0 Å². The van der Waals surface area contributed by atoms with Gasteiger partial charge in [0.1, 0.15) is 17.3 Å². The molecule has 4 rings (SSSR count). The van der Waals surface area contributed by atoms with E-state index in [0.717, 1.165) is 0 Å². The van der Waals surface area contributed by atoms with Gasteiger partial charge in [0.05, 0.1) is 12.7 Å². The second kappa shape index (κ2) is 8.62. The smallest absolute Gasteiger partial charge is 0.363 e. The summed E-state index contributed by atoms with van der Waals surface area (Å²) < 4.78 is 29.4. The lowest BCUT2D eigenvalue weighted by Gasteiger charge is -2.06. The van der Waals surface area contributed by atoms with Crippen molar-refractivity contribution in [3.05, 3.63) is 101 Å². The molecule has 0 amide bonds. The van der Waals surface area contributed by atoms with Gasteiger partial charge in [-0.05, 0) is 60.2 Å². The van der Waals surface area contributed by atoms with Gasteiger partial charge in [0.15, 0.2) is 5.70 Å². The Kier molecular flexibility index (Phi) is 5.57. The third-order valence-corrected chi connectivity index (χ3v) is 4.42. The molecule has 0 unspecified atom stereocenters. The molecule has 0 bridgehead atoms. The predicted octanol–water partition coefficient (Wildman–Crippen LogP) is 4.40. The summed E-state index contributed by atoms with van der Waals surface area (Å²) in [5.41, 5.74) is 1.12. The van der Waals surface area contributed by atoms with Crippen LogP contribution in [0.2, 0.25) is 0 Å². The van der Waals surface area contributed by atoms with Crippen LogP contribution in [-0.4, -0.2) is 24.9 Å². The summed E-state index contributed by atoms with van der Waals surface area (Å²) in [4.78, 5) is 28.7. The predicted molar refractivity (Wildman–Crippen MR) is 111 cm³/mol. The molecule has 3 aromatic carbocycles. The van der Waals surface area contributed by atoms with Gasteiger partial charge >= 0.3 is 11.9 Å². The Bertz CT molecular complexity index is 1210. The monoisotopic (exact) mass is 417 g/mol. The van der Waals surface area contributed by atoms with Crippen LogP contribution in [0.15, 0.2) is 83.5 Å². The van der Waals surface area contributed by atoms with Crippen molar-refractivity contribution in [2.45, 2.75) is 0 Å².